The summed E-state index contributed by atoms with van der Waals surface area (Å²) >= 11 is 0. The van der Waals surface area contributed by atoms with Crippen LogP contribution in [0.2, 0.25) is 0 Å². The number of benzene rings is 3. The highest BCUT2D eigenvalue weighted by molar-refractivity contribution is 5.99. The lowest BCUT2D eigenvalue weighted by Gasteiger charge is -2.36. The van der Waals surface area contributed by atoms with Gasteiger partial charge in [0.1, 0.15) is 24.5 Å². The quantitative estimate of drug-likeness (QED) is 0.304. The van der Waals surface area contributed by atoms with Gasteiger partial charge in [0, 0.05) is 22.8 Å². The van der Waals surface area contributed by atoms with E-state index in [1.165, 1.54) is 24.3 Å². The molecule has 0 aliphatic carbocycles. The van der Waals surface area contributed by atoms with Crippen molar-refractivity contribution < 1.29 is 60.0 Å². The lowest BCUT2D eigenvalue weighted by molar-refractivity contribution is -0.323. The van der Waals surface area contributed by atoms with Crippen LogP contribution in [-0.2, 0) is 49.9 Å². The lowest BCUT2D eigenvalue weighted by atomic mass is 9.96. The molecule has 7 nitrogen and oxygen atoms in total. The number of halogens is 6. The third-order valence-electron chi connectivity index (χ3n) is 6.54. The Kier molecular flexibility index (Phi) is 7.20. The van der Waals surface area contributed by atoms with Crippen LogP contribution < -0.4 is 9.47 Å². The van der Waals surface area contributed by atoms with Crippen LogP contribution in [0.1, 0.15) is 34.2 Å². The molecule has 41 heavy (non-hydrogen) atoms. The van der Waals surface area contributed by atoms with Crippen molar-refractivity contribution in [3.05, 3.63) is 94.5 Å². The number of carboxylic acid groups (broad SMARTS) is 1. The molecular weight excluding hydrogens is 562 g/mol. The Morgan fingerprint density at radius 2 is 1.29 bits per heavy atom. The molecule has 0 fully saturated rings. The Balaban J connectivity index is 1.67. The van der Waals surface area contributed by atoms with Gasteiger partial charge < -0.3 is 19.3 Å². The Morgan fingerprint density at radius 3 is 1.88 bits per heavy atom. The molecule has 3 atom stereocenters. The molecule has 0 aromatic heterocycles. The van der Waals surface area contributed by atoms with Gasteiger partial charge in [0.25, 0.3) is 12.1 Å². The first-order valence-electron chi connectivity index (χ1n) is 12.1. The number of hydrogen-bond donors (Lipinski definition) is 1. The van der Waals surface area contributed by atoms with E-state index in [4.69, 9.17) is 18.9 Å². The van der Waals surface area contributed by atoms with E-state index in [0.717, 1.165) is 42.5 Å². The third-order valence-corrected chi connectivity index (χ3v) is 6.54. The van der Waals surface area contributed by atoms with E-state index < -0.39 is 77.6 Å². The zero-order valence-electron chi connectivity index (χ0n) is 20.8. The number of alkyl halides is 6. The number of rotatable bonds is 4. The van der Waals surface area contributed by atoms with Gasteiger partial charge in [-0.25, -0.2) is 4.39 Å². The number of Topliss-reactive ketones (excluding diaryl/α,β-unsaturated/α-hetero) is 1. The van der Waals surface area contributed by atoms with Crippen molar-refractivity contribution in [1.29, 1.82) is 0 Å². The van der Waals surface area contributed by atoms with E-state index in [2.05, 4.69) is 0 Å². The van der Waals surface area contributed by atoms with Crippen molar-refractivity contribution in [2.45, 2.75) is 50.0 Å². The average molecular weight is 582 g/mol. The first kappa shape index (κ1) is 28.4. The van der Waals surface area contributed by atoms with Gasteiger partial charge in [-0.2, -0.15) is 22.0 Å². The molecular formula is C28H20F6O7. The van der Waals surface area contributed by atoms with Crippen LogP contribution >= 0.6 is 0 Å². The molecule has 0 amide bonds. The number of hydrogen-bond acceptors (Lipinski definition) is 6. The lowest BCUT2D eigenvalue weighted by Crippen LogP contribution is -2.48. The normalized spacial score (nSPS) is 24.7. The molecule has 4 heterocycles. The number of ether oxygens (including phenoxy) is 4. The van der Waals surface area contributed by atoms with Gasteiger partial charge in [-0.15, -0.1) is 0 Å². The van der Waals surface area contributed by atoms with Crippen molar-refractivity contribution >= 4 is 11.8 Å². The highest BCUT2D eigenvalue weighted by Crippen LogP contribution is 2.44. The molecule has 216 valence electrons. The minimum absolute atomic E-state index is 0.218. The molecule has 0 radical (unpaired) electrons. The molecule has 0 saturated carbocycles. The minimum atomic E-state index is -4.35. The summed E-state index contributed by atoms with van der Waals surface area (Å²) in [6.45, 7) is -0.803. The molecule has 3 aromatic rings. The monoisotopic (exact) mass is 582 g/mol. The summed E-state index contributed by atoms with van der Waals surface area (Å²) in [5.41, 5.74) is -1.59. The van der Waals surface area contributed by atoms with E-state index >= 15 is 13.2 Å². The standard InChI is InChI=1S/C28H20F6O7/c29-24-26(31,32)17-5-1-15(2-6-17)13-38-20-9-19(10-21(11-20)40-24)28(22(35)12-23(36)37)39-14-16-3-7-18(8-4-16)27(33,34)25(30)41-28/h1-11,24-25H,12-14H2,(H,36,37). The number of carbonyl (C=O) groups is 2. The third kappa shape index (κ3) is 5.34. The molecule has 1 N–H and O–H groups in total. The summed E-state index contributed by atoms with van der Waals surface area (Å²) in [4.78, 5) is 24.8. The maximum Gasteiger partial charge on any atom is 0.338 e. The Morgan fingerprint density at radius 1 is 0.756 bits per heavy atom. The predicted octanol–water partition coefficient (Wildman–Crippen LogP) is 5.88. The highest BCUT2D eigenvalue weighted by atomic mass is 19.3. The van der Waals surface area contributed by atoms with Gasteiger partial charge >= 0.3 is 24.2 Å². The van der Waals surface area contributed by atoms with Crippen LogP contribution in [0.4, 0.5) is 26.3 Å². The fourth-order valence-corrected chi connectivity index (χ4v) is 4.33. The molecule has 3 unspecified atom stereocenters. The Hall–Kier alpha value is -4.10. The Bertz CT molecular complexity index is 1460. The van der Waals surface area contributed by atoms with Crippen LogP contribution in [0.25, 0.3) is 0 Å². The molecule has 4 aliphatic rings. The van der Waals surface area contributed by atoms with Crippen molar-refractivity contribution in [1.82, 2.24) is 0 Å². The number of carbonyl (C=O) groups excluding carboxylic acids is 1. The molecule has 13 heteroatoms. The average Bonchev–Trinajstić information content (AvgIpc) is 2.93. The van der Waals surface area contributed by atoms with Crippen LogP contribution in [0.15, 0.2) is 66.7 Å². The van der Waals surface area contributed by atoms with Gasteiger partial charge in [0.05, 0.1) is 6.61 Å². The predicted molar refractivity (Wildman–Crippen MR) is 127 cm³/mol. The van der Waals surface area contributed by atoms with Gasteiger partial charge in [-0.05, 0) is 23.3 Å². The summed E-state index contributed by atoms with van der Waals surface area (Å²) in [7, 11) is 0. The first-order chi connectivity index (χ1) is 19.3. The summed E-state index contributed by atoms with van der Waals surface area (Å²) in [6.07, 6.45) is -8.24. The second-order valence-electron chi connectivity index (χ2n) is 9.39. The molecule has 4 aliphatic heterocycles. The first-order valence-corrected chi connectivity index (χ1v) is 12.1. The van der Waals surface area contributed by atoms with Crippen LogP contribution in [-0.4, -0.2) is 29.6 Å². The molecule has 6 bridgehead atoms. The summed E-state index contributed by atoms with van der Waals surface area (Å²) in [6, 6.07) is 11.4. The summed E-state index contributed by atoms with van der Waals surface area (Å²) in [5, 5.41) is 9.30. The summed E-state index contributed by atoms with van der Waals surface area (Å²) < 4.78 is 111. The van der Waals surface area contributed by atoms with E-state index in [0.29, 0.717) is 5.56 Å². The van der Waals surface area contributed by atoms with E-state index in [1.807, 2.05) is 0 Å². The van der Waals surface area contributed by atoms with E-state index in [1.54, 1.807) is 0 Å². The smallest absolute Gasteiger partial charge is 0.338 e. The number of aliphatic carboxylic acids is 1. The zero-order valence-corrected chi connectivity index (χ0v) is 20.8. The van der Waals surface area contributed by atoms with Crippen molar-refractivity contribution in [2.24, 2.45) is 0 Å². The fourth-order valence-electron chi connectivity index (χ4n) is 4.33. The zero-order chi connectivity index (χ0) is 29.6. The molecule has 7 rings (SSSR count). The largest absolute Gasteiger partial charge is 0.489 e. The molecule has 0 spiro atoms. The van der Waals surface area contributed by atoms with Gasteiger partial charge in [0.15, 0.2) is 0 Å². The topological polar surface area (TPSA) is 91.3 Å². The fraction of sp³-hybridized carbons (Fsp3) is 0.286. The second-order valence-corrected chi connectivity index (χ2v) is 9.39. The maximum atomic E-state index is 15.3. The van der Waals surface area contributed by atoms with Gasteiger partial charge in [-0.1, -0.05) is 48.5 Å². The minimum Gasteiger partial charge on any atom is -0.489 e. The molecule has 0 saturated heterocycles. The van der Waals surface area contributed by atoms with Crippen molar-refractivity contribution in [3.8, 4) is 11.5 Å². The van der Waals surface area contributed by atoms with Crippen molar-refractivity contribution in [2.75, 3.05) is 0 Å². The second kappa shape index (κ2) is 10.4. The number of ketones is 1. The van der Waals surface area contributed by atoms with Crippen LogP contribution in [0, 0.1) is 0 Å². The SMILES string of the molecule is O=C(O)CC(=O)C1(c2cc3cc(c2)OC(F)C(F)(F)c2ccc(cc2)CO3)OCc2ccc(cc2)C(F)(F)C(F)O1. The van der Waals surface area contributed by atoms with Gasteiger partial charge in [-0.3, -0.25) is 14.3 Å². The number of carboxylic acids is 1. The van der Waals surface area contributed by atoms with E-state index in [-0.39, 0.29) is 17.9 Å². The van der Waals surface area contributed by atoms with Crippen molar-refractivity contribution in [3.63, 3.8) is 0 Å². The Labute approximate surface area is 228 Å². The highest BCUT2D eigenvalue weighted by Gasteiger charge is 2.54. The van der Waals surface area contributed by atoms with Crippen LogP contribution in [0.5, 0.6) is 11.5 Å². The molecule has 3 aromatic carbocycles. The number of fused-ring (bicyclic) bond motifs is 12. The summed E-state index contributed by atoms with van der Waals surface area (Å²) in [5.74, 6) is -15.9. The maximum absolute atomic E-state index is 15.3. The van der Waals surface area contributed by atoms with Crippen LogP contribution in [0.3, 0.4) is 0 Å². The van der Waals surface area contributed by atoms with E-state index in [9.17, 15) is 27.9 Å². The van der Waals surface area contributed by atoms with Gasteiger partial charge in [0.2, 0.25) is 5.78 Å².